The number of rotatable bonds is 2. The molecule has 0 aromatic carbocycles. The molecule has 0 amide bonds. The van der Waals surface area contributed by atoms with Crippen LogP contribution in [-0.2, 0) is 9.59 Å². The first-order valence-electron chi connectivity index (χ1n) is 5.25. The molecule has 1 saturated carbocycles. The van der Waals surface area contributed by atoms with Gasteiger partial charge in [-0.05, 0) is 23.0 Å². The van der Waals surface area contributed by atoms with Gasteiger partial charge < -0.3 is 5.11 Å². The van der Waals surface area contributed by atoms with Crippen molar-refractivity contribution in [2.75, 3.05) is 5.75 Å². The van der Waals surface area contributed by atoms with Crippen molar-refractivity contribution < 1.29 is 14.7 Å². The summed E-state index contributed by atoms with van der Waals surface area (Å²) >= 11 is 0. The van der Waals surface area contributed by atoms with Crippen LogP contribution in [0, 0.1) is 17.3 Å². The molecule has 2 fully saturated rings. The summed E-state index contributed by atoms with van der Waals surface area (Å²) in [7, 11) is -0.251. The molecule has 1 N–H and O–H groups in total. The summed E-state index contributed by atoms with van der Waals surface area (Å²) in [5, 5.41) is 11.3. The van der Waals surface area contributed by atoms with Crippen molar-refractivity contribution >= 4 is 26.9 Å². The SMILES string of the molecule is CC1(C)[C@H](C(=O)O)[C@@H]1/C=S1\CCCC1=O. The summed E-state index contributed by atoms with van der Waals surface area (Å²) < 4.78 is 0. The predicted molar refractivity (Wildman–Crippen MR) is 61.2 cm³/mol. The lowest BCUT2D eigenvalue weighted by molar-refractivity contribution is -0.139. The average Bonchev–Trinajstić information content (AvgIpc) is 2.47. The molecule has 4 heteroatoms. The number of aliphatic carboxylic acids is 1. The Bertz CT molecular complexity index is 357. The summed E-state index contributed by atoms with van der Waals surface area (Å²) in [6, 6.07) is 0. The van der Waals surface area contributed by atoms with E-state index >= 15 is 0 Å². The van der Waals surface area contributed by atoms with E-state index in [1.54, 1.807) is 0 Å². The van der Waals surface area contributed by atoms with Crippen LogP contribution in [-0.4, -0.2) is 27.3 Å². The van der Waals surface area contributed by atoms with E-state index in [1.807, 2.05) is 19.2 Å². The smallest absolute Gasteiger partial charge is 0.307 e. The number of hydrogen-bond acceptors (Lipinski definition) is 2. The Labute approximate surface area is 91.8 Å². The third-order valence-corrected chi connectivity index (χ3v) is 5.66. The molecule has 0 aromatic heterocycles. The molecule has 3 atom stereocenters. The van der Waals surface area contributed by atoms with Gasteiger partial charge >= 0.3 is 5.97 Å². The molecule has 2 aliphatic rings. The summed E-state index contributed by atoms with van der Waals surface area (Å²) in [5.41, 5.74) is -0.151. The fraction of sp³-hybridized carbons (Fsp3) is 0.727. The van der Waals surface area contributed by atoms with Crippen molar-refractivity contribution in [3.8, 4) is 0 Å². The molecular weight excluding hydrogens is 212 g/mol. The maximum absolute atomic E-state index is 11.5. The number of carboxylic acid groups (broad SMARTS) is 1. The lowest BCUT2D eigenvalue weighted by Crippen LogP contribution is -2.03. The summed E-state index contributed by atoms with van der Waals surface area (Å²) in [6.45, 7) is 3.94. The van der Waals surface area contributed by atoms with Crippen LogP contribution in [0.25, 0.3) is 0 Å². The molecule has 0 aromatic rings. The van der Waals surface area contributed by atoms with Crippen LogP contribution in [0.3, 0.4) is 0 Å². The molecular formula is C11H16O3S. The standard InChI is InChI=1S/C11H16O3S/c1-11(2)7(9(11)10(13)14)6-15-5-3-4-8(15)12/h6-7,9H,3-5H2,1-2H3,(H,13,14)/t7-,9-,15?/m0/s1. The zero-order valence-electron chi connectivity index (χ0n) is 9.03. The maximum atomic E-state index is 11.5. The molecule has 1 aliphatic heterocycles. The van der Waals surface area contributed by atoms with E-state index in [9.17, 15) is 9.59 Å². The second-order valence-electron chi connectivity index (χ2n) is 4.91. The fourth-order valence-electron chi connectivity index (χ4n) is 2.34. The van der Waals surface area contributed by atoms with Gasteiger partial charge in [-0.1, -0.05) is 13.8 Å². The summed E-state index contributed by atoms with van der Waals surface area (Å²) in [4.78, 5) is 22.4. The van der Waals surface area contributed by atoms with Gasteiger partial charge in [0.2, 0.25) is 0 Å². The highest BCUT2D eigenvalue weighted by atomic mass is 32.2. The molecule has 3 nitrogen and oxygen atoms in total. The Hall–Kier alpha value is -0.640. The van der Waals surface area contributed by atoms with Crippen molar-refractivity contribution in [2.45, 2.75) is 26.7 Å². The summed E-state index contributed by atoms with van der Waals surface area (Å²) in [5.74, 6) is 0.0351. The third kappa shape index (κ3) is 1.75. The second kappa shape index (κ2) is 3.44. The Morgan fingerprint density at radius 3 is 2.67 bits per heavy atom. The van der Waals surface area contributed by atoms with Crippen LogP contribution in [0.2, 0.25) is 0 Å². The highest BCUT2D eigenvalue weighted by Crippen LogP contribution is 2.58. The highest BCUT2D eigenvalue weighted by Gasteiger charge is 2.61. The monoisotopic (exact) mass is 228 g/mol. The van der Waals surface area contributed by atoms with E-state index in [2.05, 4.69) is 0 Å². The Morgan fingerprint density at radius 1 is 1.60 bits per heavy atom. The van der Waals surface area contributed by atoms with Crippen LogP contribution in [0.1, 0.15) is 26.7 Å². The van der Waals surface area contributed by atoms with Gasteiger partial charge in [0.25, 0.3) is 0 Å². The van der Waals surface area contributed by atoms with Gasteiger partial charge in [0.15, 0.2) is 5.12 Å². The predicted octanol–water partition coefficient (Wildman–Crippen LogP) is 1.73. The number of carbonyl (C=O) groups is 2. The van der Waals surface area contributed by atoms with Gasteiger partial charge in [-0.2, -0.15) is 0 Å². The van der Waals surface area contributed by atoms with Crippen molar-refractivity contribution in [3.05, 3.63) is 0 Å². The van der Waals surface area contributed by atoms with Crippen LogP contribution in [0.4, 0.5) is 0 Å². The van der Waals surface area contributed by atoms with Gasteiger partial charge in [-0.3, -0.25) is 9.59 Å². The minimum atomic E-state index is -0.725. The molecule has 15 heavy (non-hydrogen) atoms. The van der Waals surface area contributed by atoms with Crippen molar-refractivity contribution in [2.24, 2.45) is 17.3 Å². The largest absolute Gasteiger partial charge is 0.481 e. The quantitative estimate of drug-likeness (QED) is 0.732. The third-order valence-electron chi connectivity index (χ3n) is 3.53. The Kier molecular flexibility index (Phi) is 2.49. The molecule has 84 valence electrons. The number of carbonyl (C=O) groups excluding carboxylic acids is 1. The van der Waals surface area contributed by atoms with Crippen molar-refractivity contribution in [1.82, 2.24) is 0 Å². The van der Waals surface area contributed by atoms with E-state index in [4.69, 9.17) is 5.11 Å². The van der Waals surface area contributed by atoms with Gasteiger partial charge in [-0.25, -0.2) is 0 Å². The molecule has 1 saturated heterocycles. The zero-order chi connectivity index (χ0) is 11.2. The topological polar surface area (TPSA) is 54.4 Å². The van der Waals surface area contributed by atoms with Gasteiger partial charge in [0.05, 0.1) is 5.92 Å². The normalized spacial score (nSPS) is 38.3. The first-order chi connectivity index (χ1) is 6.94. The maximum Gasteiger partial charge on any atom is 0.307 e. The van der Waals surface area contributed by atoms with Gasteiger partial charge in [0, 0.05) is 12.3 Å². The Balaban J connectivity index is 2.15. The molecule has 1 unspecified atom stereocenters. The van der Waals surface area contributed by atoms with E-state index in [-0.39, 0.29) is 27.7 Å². The van der Waals surface area contributed by atoms with Crippen molar-refractivity contribution in [1.29, 1.82) is 0 Å². The number of carboxylic acids is 1. The Morgan fingerprint density at radius 2 is 2.27 bits per heavy atom. The van der Waals surface area contributed by atoms with Gasteiger partial charge in [0.1, 0.15) is 0 Å². The molecule has 0 spiro atoms. The molecule has 1 heterocycles. The van der Waals surface area contributed by atoms with Crippen molar-refractivity contribution in [3.63, 3.8) is 0 Å². The van der Waals surface area contributed by atoms with Crippen LogP contribution < -0.4 is 0 Å². The van der Waals surface area contributed by atoms with E-state index in [1.165, 1.54) is 0 Å². The van der Waals surface area contributed by atoms with Crippen LogP contribution in [0.15, 0.2) is 0 Å². The number of hydrogen-bond donors (Lipinski definition) is 1. The second-order valence-corrected chi connectivity index (χ2v) is 6.90. The average molecular weight is 228 g/mol. The van der Waals surface area contributed by atoms with Gasteiger partial charge in [-0.15, -0.1) is 10.5 Å². The first-order valence-corrected chi connectivity index (χ1v) is 6.70. The zero-order valence-corrected chi connectivity index (χ0v) is 9.84. The van der Waals surface area contributed by atoms with E-state index in [0.717, 1.165) is 12.2 Å². The molecule has 0 radical (unpaired) electrons. The highest BCUT2D eigenvalue weighted by molar-refractivity contribution is 8.28. The molecule has 0 bridgehead atoms. The van der Waals surface area contributed by atoms with E-state index in [0.29, 0.717) is 11.5 Å². The summed E-state index contributed by atoms with van der Waals surface area (Å²) in [6.07, 6.45) is 1.66. The van der Waals surface area contributed by atoms with E-state index < -0.39 is 5.97 Å². The minimum Gasteiger partial charge on any atom is -0.481 e. The fourth-order valence-corrected chi connectivity index (χ4v) is 4.58. The first kappa shape index (κ1) is 10.9. The lowest BCUT2D eigenvalue weighted by Gasteiger charge is -1.99. The van der Waals surface area contributed by atoms with Crippen LogP contribution in [0.5, 0.6) is 0 Å². The van der Waals surface area contributed by atoms with Crippen LogP contribution >= 0.6 is 10.5 Å². The molecule has 1 aliphatic carbocycles. The lowest BCUT2D eigenvalue weighted by atomic mass is 10.1. The minimum absolute atomic E-state index is 0.0976. The molecule has 2 rings (SSSR count).